The van der Waals surface area contributed by atoms with E-state index in [1.807, 2.05) is 12.1 Å². The standard InChI is InChI=1S/C15H24N2O2S/c1-12(2)10-13-5-7-15(8-6-13)20(18,19)17-14-4-3-9-16-11-14/h5-8,12,14,16-17H,3-4,9-11H2,1-2H3. The Morgan fingerprint density at radius 1 is 1.30 bits per heavy atom. The van der Waals surface area contributed by atoms with Crippen LogP contribution >= 0.6 is 0 Å². The van der Waals surface area contributed by atoms with Crippen LogP contribution in [0.2, 0.25) is 0 Å². The van der Waals surface area contributed by atoms with Gasteiger partial charge in [0.1, 0.15) is 0 Å². The number of piperidine rings is 1. The lowest BCUT2D eigenvalue weighted by atomic mass is 10.0. The molecule has 1 aromatic carbocycles. The Labute approximate surface area is 122 Å². The van der Waals surface area contributed by atoms with Crippen molar-refractivity contribution in [3.8, 4) is 0 Å². The maximum atomic E-state index is 12.3. The fraction of sp³-hybridized carbons (Fsp3) is 0.600. The van der Waals surface area contributed by atoms with Crippen LogP contribution in [0.15, 0.2) is 29.2 Å². The van der Waals surface area contributed by atoms with Crippen molar-refractivity contribution in [2.75, 3.05) is 13.1 Å². The fourth-order valence-corrected chi connectivity index (χ4v) is 3.79. The van der Waals surface area contributed by atoms with E-state index in [0.717, 1.165) is 25.8 Å². The van der Waals surface area contributed by atoms with Gasteiger partial charge in [0.05, 0.1) is 4.90 Å². The van der Waals surface area contributed by atoms with Crippen molar-refractivity contribution in [1.82, 2.24) is 10.0 Å². The molecule has 112 valence electrons. The predicted octanol–water partition coefficient (Wildman–Crippen LogP) is 1.92. The normalized spacial score (nSPS) is 20.2. The van der Waals surface area contributed by atoms with Crippen LogP contribution in [0.4, 0.5) is 0 Å². The van der Waals surface area contributed by atoms with E-state index in [0.29, 0.717) is 17.4 Å². The molecule has 0 aliphatic carbocycles. The van der Waals surface area contributed by atoms with E-state index in [-0.39, 0.29) is 6.04 Å². The molecular formula is C15H24N2O2S. The number of rotatable bonds is 5. The van der Waals surface area contributed by atoms with E-state index in [1.54, 1.807) is 12.1 Å². The second-order valence-electron chi connectivity index (χ2n) is 5.91. The van der Waals surface area contributed by atoms with Crippen LogP contribution in [0.25, 0.3) is 0 Å². The molecule has 2 rings (SSSR count). The third-order valence-electron chi connectivity index (χ3n) is 3.50. The molecule has 0 aromatic heterocycles. The van der Waals surface area contributed by atoms with E-state index in [1.165, 1.54) is 5.56 Å². The Kier molecular flexibility index (Phi) is 5.18. The molecule has 0 bridgehead atoms. The first-order chi connectivity index (χ1) is 9.47. The third kappa shape index (κ3) is 4.30. The summed E-state index contributed by atoms with van der Waals surface area (Å²) in [5.74, 6) is 0.573. The van der Waals surface area contributed by atoms with Gasteiger partial charge >= 0.3 is 0 Å². The quantitative estimate of drug-likeness (QED) is 0.873. The van der Waals surface area contributed by atoms with Crippen molar-refractivity contribution in [2.24, 2.45) is 5.92 Å². The molecule has 0 spiro atoms. The first kappa shape index (κ1) is 15.5. The smallest absolute Gasteiger partial charge is 0.240 e. The Bertz CT molecular complexity index is 517. The molecule has 1 aromatic rings. The Morgan fingerprint density at radius 3 is 2.55 bits per heavy atom. The van der Waals surface area contributed by atoms with Crippen LogP contribution in [0.5, 0.6) is 0 Å². The van der Waals surface area contributed by atoms with Crippen LogP contribution in [-0.2, 0) is 16.4 Å². The maximum absolute atomic E-state index is 12.3. The van der Waals surface area contributed by atoms with Gasteiger partial charge in [-0.05, 0) is 49.4 Å². The molecule has 1 atom stereocenters. The van der Waals surface area contributed by atoms with Crippen molar-refractivity contribution in [3.63, 3.8) is 0 Å². The summed E-state index contributed by atoms with van der Waals surface area (Å²) in [5.41, 5.74) is 1.18. The van der Waals surface area contributed by atoms with E-state index in [4.69, 9.17) is 0 Å². The summed E-state index contributed by atoms with van der Waals surface area (Å²) in [6, 6.07) is 7.23. The first-order valence-electron chi connectivity index (χ1n) is 7.29. The largest absolute Gasteiger partial charge is 0.315 e. The summed E-state index contributed by atoms with van der Waals surface area (Å²) < 4.78 is 27.4. The summed E-state index contributed by atoms with van der Waals surface area (Å²) >= 11 is 0. The minimum atomic E-state index is -3.40. The highest BCUT2D eigenvalue weighted by Crippen LogP contribution is 2.15. The molecule has 5 heteroatoms. The van der Waals surface area contributed by atoms with E-state index in [9.17, 15) is 8.42 Å². The van der Waals surface area contributed by atoms with Gasteiger partial charge in [0.2, 0.25) is 10.0 Å². The number of benzene rings is 1. The summed E-state index contributed by atoms with van der Waals surface area (Å²) in [7, 11) is -3.40. The monoisotopic (exact) mass is 296 g/mol. The summed E-state index contributed by atoms with van der Waals surface area (Å²) in [4.78, 5) is 0.357. The zero-order valence-corrected chi connectivity index (χ0v) is 13.0. The highest BCUT2D eigenvalue weighted by Gasteiger charge is 2.21. The second-order valence-corrected chi connectivity index (χ2v) is 7.62. The molecular weight excluding hydrogens is 272 g/mol. The SMILES string of the molecule is CC(C)Cc1ccc(S(=O)(=O)NC2CCCNC2)cc1. The molecule has 2 N–H and O–H groups in total. The van der Waals surface area contributed by atoms with Crippen LogP contribution in [0.1, 0.15) is 32.3 Å². The second kappa shape index (κ2) is 6.70. The van der Waals surface area contributed by atoms with E-state index < -0.39 is 10.0 Å². The van der Waals surface area contributed by atoms with E-state index in [2.05, 4.69) is 23.9 Å². The van der Waals surface area contributed by atoms with Crippen LogP contribution < -0.4 is 10.0 Å². The van der Waals surface area contributed by atoms with Gasteiger partial charge < -0.3 is 5.32 Å². The molecule has 0 radical (unpaired) electrons. The lowest BCUT2D eigenvalue weighted by Crippen LogP contribution is -2.45. The van der Waals surface area contributed by atoms with Gasteiger partial charge in [-0.15, -0.1) is 0 Å². The van der Waals surface area contributed by atoms with E-state index >= 15 is 0 Å². The van der Waals surface area contributed by atoms with Gasteiger partial charge in [-0.2, -0.15) is 0 Å². The van der Waals surface area contributed by atoms with Crippen molar-refractivity contribution < 1.29 is 8.42 Å². The molecule has 1 unspecified atom stereocenters. The molecule has 1 fully saturated rings. The van der Waals surface area contributed by atoms with Crippen molar-refractivity contribution >= 4 is 10.0 Å². The molecule has 1 heterocycles. The Morgan fingerprint density at radius 2 is 2.00 bits per heavy atom. The predicted molar refractivity (Wildman–Crippen MR) is 81.2 cm³/mol. The minimum Gasteiger partial charge on any atom is -0.315 e. The Balaban J connectivity index is 2.04. The molecule has 20 heavy (non-hydrogen) atoms. The number of hydrogen-bond donors (Lipinski definition) is 2. The Hall–Kier alpha value is -0.910. The maximum Gasteiger partial charge on any atom is 0.240 e. The zero-order chi connectivity index (χ0) is 14.6. The van der Waals surface area contributed by atoms with Gasteiger partial charge in [0, 0.05) is 12.6 Å². The number of hydrogen-bond acceptors (Lipinski definition) is 3. The molecule has 4 nitrogen and oxygen atoms in total. The zero-order valence-electron chi connectivity index (χ0n) is 12.2. The fourth-order valence-electron chi connectivity index (χ4n) is 2.52. The van der Waals surface area contributed by atoms with Crippen molar-refractivity contribution in [2.45, 2.75) is 44.0 Å². The average molecular weight is 296 g/mol. The lowest BCUT2D eigenvalue weighted by Gasteiger charge is -2.23. The van der Waals surface area contributed by atoms with Crippen molar-refractivity contribution in [1.29, 1.82) is 0 Å². The molecule has 0 amide bonds. The van der Waals surface area contributed by atoms with Gasteiger partial charge in [-0.25, -0.2) is 13.1 Å². The van der Waals surface area contributed by atoms with Gasteiger partial charge in [0.15, 0.2) is 0 Å². The minimum absolute atomic E-state index is 0.00379. The van der Waals surface area contributed by atoms with Crippen LogP contribution in [-0.4, -0.2) is 27.5 Å². The molecule has 1 aliphatic rings. The molecule has 0 saturated carbocycles. The highest BCUT2D eigenvalue weighted by molar-refractivity contribution is 7.89. The summed E-state index contributed by atoms with van der Waals surface area (Å²) in [6.45, 7) is 6.00. The lowest BCUT2D eigenvalue weighted by molar-refractivity contribution is 0.428. The molecule has 1 saturated heterocycles. The topological polar surface area (TPSA) is 58.2 Å². The van der Waals surface area contributed by atoms with Gasteiger partial charge in [-0.1, -0.05) is 26.0 Å². The van der Waals surface area contributed by atoms with Gasteiger partial charge in [0.25, 0.3) is 0 Å². The van der Waals surface area contributed by atoms with Gasteiger partial charge in [-0.3, -0.25) is 0 Å². The third-order valence-corrected chi connectivity index (χ3v) is 5.03. The highest BCUT2D eigenvalue weighted by atomic mass is 32.2. The number of nitrogens with one attached hydrogen (secondary N) is 2. The van der Waals surface area contributed by atoms with Crippen molar-refractivity contribution in [3.05, 3.63) is 29.8 Å². The number of sulfonamides is 1. The van der Waals surface area contributed by atoms with Crippen LogP contribution in [0.3, 0.4) is 0 Å². The average Bonchev–Trinajstić information content (AvgIpc) is 2.39. The molecule has 1 aliphatic heterocycles. The van der Waals surface area contributed by atoms with Crippen LogP contribution in [0, 0.1) is 5.92 Å². The first-order valence-corrected chi connectivity index (χ1v) is 8.77. The summed E-state index contributed by atoms with van der Waals surface area (Å²) in [5, 5.41) is 3.21. The summed E-state index contributed by atoms with van der Waals surface area (Å²) in [6.07, 6.45) is 2.89.